The minimum absolute atomic E-state index is 0. The Morgan fingerprint density at radius 1 is 0.493 bits per heavy atom. The topological polar surface area (TPSA) is 155 Å². The van der Waals surface area contributed by atoms with Gasteiger partial charge in [0.25, 0.3) is 0 Å². The van der Waals surface area contributed by atoms with Crippen molar-refractivity contribution in [1.29, 1.82) is 0 Å². The van der Waals surface area contributed by atoms with Gasteiger partial charge in [-0.25, -0.2) is 9.98 Å². The summed E-state index contributed by atoms with van der Waals surface area (Å²) in [6, 6.07) is 39.1. The Morgan fingerprint density at radius 2 is 0.855 bits per heavy atom. The Morgan fingerprint density at radius 3 is 1.23 bits per heavy atom. The SMILES string of the molecule is CC(C)n1nc2c(n1)C(N1CCN(C)[C@@H](CCc3ccccc3)C1)=Nc1ccccc1N2.CC(C)n1nc2c(n1)C(N1CCN(C)[C@@H](CCc3ccccc3)C1)=Nc1ccccc1N2.Cl.Cl.Cl.Cl.O. The van der Waals surface area contributed by atoms with Crippen molar-refractivity contribution < 1.29 is 5.48 Å². The van der Waals surface area contributed by atoms with Gasteiger partial charge in [0.05, 0.1) is 34.8 Å². The first-order valence-electron chi connectivity index (χ1n) is 23.0. The molecule has 6 aromatic rings. The van der Waals surface area contributed by atoms with Crippen molar-refractivity contribution in [2.75, 3.05) is 64.0 Å². The Kier molecular flexibility index (Phi) is 20.9. The maximum atomic E-state index is 5.10. The van der Waals surface area contributed by atoms with Gasteiger partial charge < -0.3 is 25.9 Å². The number of aryl methyl sites for hydroxylation is 2. The Balaban J connectivity index is 0.000000280. The minimum Gasteiger partial charge on any atom is -0.412 e. The number of aromatic nitrogens is 6. The number of aliphatic imine (C=N–C) groups is 2. The van der Waals surface area contributed by atoms with Gasteiger partial charge in [0.1, 0.15) is 0 Å². The van der Waals surface area contributed by atoms with E-state index in [-0.39, 0.29) is 67.2 Å². The highest BCUT2D eigenvalue weighted by Gasteiger charge is 2.33. The average molecular weight is 1020 g/mol. The first kappa shape index (κ1) is 56.3. The molecular formula is C50H68Cl4N14O. The number of anilines is 4. The summed E-state index contributed by atoms with van der Waals surface area (Å²) in [6.45, 7) is 14.1. The largest absolute Gasteiger partial charge is 0.412 e. The lowest BCUT2D eigenvalue weighted by molar-refractivity contribution is 0.134. The van der Waals surface area contributed by atoms with E-state index in [0.29, 0.717) is 12.1 Å². The van der Waals surface area contributed by atoms with Gasteiger partial charge in [-0.3, -0.25) is 9.80 Å². The Labute approximate surface area is 431 Å². The predicted octanol–water partition coefficient (Wildman–Crippen LogP) is 9.35. The molecule has 69 heavy (non-hydrogen) atoms. The van der Waals surface area contributed by atoms with Crippen LogP contribution in [0.1, 0.15) is 75.1 Å². The van der Waals surface area contributed by atoms with Gasteiger partial charge >= 0.3 is 0 Å². The molecule has 0 radical (unpaired) electrons. The highest BCUT2D eigenvalue weighted by molar-refractivity contribution is 6.06. The molecule has 0 amide bonds. The number of piperazine rings is 2. The van der Waals surface area contributed by atoms with Gasteiger partial charge in [0.2, 0.25) is 0 Å². The predicted molar refractivity (Wildman–Crippen MR) is 291 cm³/mol. The molecule has 0 spiro atoms. The second kappa shape index (κ2) is 25.6. The fourth-order valence-electron chi connectivity index (χ4n) is 8.82. The van der Waals surface area contributed by atoms with E-state index in [1.54, 1.807) is 9.59 Å². The van der Waals surface area contributed by atoms with Gasteiger partial charge in [-0.15, -0.1) is 70.0 Å². The molecular weight excluding hydrogens is 954 g/mol. The summed E-state index contributed by atoms with van der Waals surface area (Å²) >= 11 is 0. The molecule has 4 aliphatic rings. The Bertz CT molecular complexity index is 2410. The molecule has 6 heterocycles. The zero-order valence-electron chi connectivity index (χ0n) is 40.3. The summed E-state index contributed by atoms with van der Waals surface area (Å²) in [7, 11) is 4.47. The van der Waals surface area contributed by atoms with Crippen LogP contribution in [0.2, 0.25) is 0 Å². The lowest BCUT2D eigenvalue weighted by atomic mass is 10.0. The maximum absolute atomic E-state index is 5.10. The molecule has 372 valence electrons. The second-order valence-electron chi connectivity index (χ2n) is 18.0. The molecule has 0 saturated carbocycles. The number of rotatable bonds is 8. The van der Waals surface area contributed by atoms with E-state index in [1.165, 1.54) is 11.1 Å². The number of amidine groups is 2. The highest BCUT2D eigenvalue weighted by Crippen LogP contribution is 2.36. The van der Waals surface area contributed by atoms with Crippen LogP contribution in [0.25, 0.3) is 0 Å². The number of nitrogens with zero attached hydrogens (tertiary/aromatic N) is 12. The van der Waals surface area contributed by atoms with E-state index in [1.807, 2.05) is 48.5 Å². The third-order valence-corrected chi connectivity index (χ3v) is 12.7. The van der Waals surface area contributed by atoms with Crippen LogP contribution in [0.3, 0.4) is 0 Å². The van der Waals surface area contributed by atoms with E-state index in [4.69, 9.17) is 30.4 Å². The first-order chi connectivity index (χ1) is 31.2. The van der Waals surface area contributed by atoms with Crippen molar-refractivity contribution in [2.45, 2.75) is 77.5 Å². The summed E-state index contributed by atoms with van der Waals surface area (Å²) in [6.07, 6.45) is 4.39. The van der Waals surface area contributed by atoms with E-state index >= 15 is 0 Å². The van der Waals surface area contributed by atoms with Crippen LogP contribution in [0.15, 0.2) is 119 Å². The number of hydrogen-bond acceptors (Lipinski definition) is 12. The van der Waals surface area contributed by atoms with Crippen LogP contribution in [0.4, 0.5) is 34.4 Å². The van der Waals surface area contributed by atoms with Gasteiger partial charge in [0.15, 0.2) is 34.7 Å². The van der Waals surface area contributed by atoms with Crippen LogP contribution in [0, 0.1) is 0 Å². The van der Waals surface area contributed by atoms with Crippen LogP contribution in [-0.4, -0.2) is 132 Å². The highest BCUT2D eigenvalue weighted by atomic mass is 35.5. The van der Waals surface area contributed by atoms with E-state index in [9.17, 15) is 0 Å². The molecule has 0 unspecified atom stereocenters. The third-order valence-electron chi connectivity index (χ3n) is 12.7. The Hall–Kier alpha value is -5.26. The minimum atomic E-state index is 0. The van der Waals surface area contributed by atoms with Gasteiger partial charge in [-0.1, -0.05) is 84.9 Å². The zero-order valence-corrected chi connectivity index (χ0v) is 43.5. The molecule has 0 bridgehead atoms. The molecule has 2 fully saturated rings. The third kappa shape index (κ3) is 13.1. The average Bonchev–Trinajstić information content (AvgIpc) is 3.85. The van der Waals surface area contributed by atoms with Crippen molar-refractivity contribution in [3.8, 4) is 0 Å². The lowest BCUT2D eigenvalue weighted by Crippen LogP contribution is -2.53. The number of para-hydroxylation sites is 4. The molecule has 4 aromatic carbocycles. The van der Waals surface area contributed by atoms with Gasteiger partial charge in [-0.2, -0.15) is 9.59 Å². The van der Waals surface area contributed by atoms with E-state index in [0.717, 1.165) is 122 Å². The number of benzene rings is 4. The second-order valence-corrected chi connectivity index (χ2v) is 18.0. The molecule has 4 aliphatic heterocycles. The maximum Gasteiger partial charge on any atom is 0.184 e. The van der Waals surface area contributed by atoms with Crippen molar-refractivity contribution >= 4 is 95.7 Å². The summed E-state index contributed by atoms with van der Waals surface area (Å²) in [5.74, 6) is 3.40. The zero-order chi connectivity index (χ0) is 44.2. The fourth-order valence-corrected chi connectivity index (χ4v) is 8.82. The monoisotopic (exact) mass is 1020 g/mol. The van der Waals surface area contributed by atoms with E-state index in [2.05, 4.69) is 133 Å². The standard InChI is InChI=1S/2C25H31N7.4ClH.H2O/c2*1-18(2)32-28-23-24(29-32)26-21-11-7-8-12-22(21)27-25(23)31-16-15-30(3)20(17-31)14-13-19-9-5-4-6-10-19;;;;;/h2*4-12,18,20H,13-17H2,1-3H3,(H,26,29);4*1H;1H2/t2*20-;;;;;/m00...../s1. The molecule has 2 aromatic heterocycles. The van der Waals surface area contributed by atoms with Crippen molar-refractivity contribution in [1.82, 2.24) is 49.6 Å². The van der Waals surface area contributed by atoms with Crippen LogP contribution in [-0.2, 0) is 12.8 Å². The van der Waals surface area contributed by atoms with Crippen LogP contribution < -0.4 is 10.6 Å². The summed E-state index contributed by atoms with van der Waals surface area (Å²) < 4.78 is 0. The molecule has 19 heteroatoms. The molecule has 4 N–H and O–H groups in total. The summed E-state index contributed by atoms with van der Waals surface area (Å²) in [5.41, 5.74) is 8.25. The van der Waals surface area contributed by atoms with Crippen molar-refractivity contribution in [3.05, 3.63) is 132 Å². The summed E-state index contributed by atoms with van der Waals surface area (Å²) in [5, 5.41) is 26.1. The molecule has 10 rings (SSSR count). The van der Waals surface area contributed by atoms with Crippen molar-refractivity contribution in [2.24, 2.45) is 9.98 Å². The van der Waals surface area contributed by atoms with Crippen LogP contribution >= 0.6 is 49.6 Å². The smallest absolute Gasteiger partial charge is 0.184 e. The number of nitrogens with one attached hydrogen (secondary N) is 2. The normalized spacial score (nSPS) is 17.2. The fraction of sp³-hybridized carbons (Fsp3) is 0.400. The number of halogens is 4. The van der Waals surface area contributed by atoms with E-state index < -0.39 is 0 Å². The summed E-state index contributed by atoms with van der Waals surface area (Å²) in [4.78, 5) is 23.5. The molecule has 0 aliphatic carbocycles. The molecule has 2 saturated heterocycles. The van der Waals surface area contributed by atoms with Crippen LogP contribution in [0.5, 0.6) is 0 Å². The quantitative estimate of drug-likeness (QED) is 0.151. The molecule has 2 atom stereocenters. The number of fused-ring (bicyclic) bond motifs is 4. The first-order valence-corrected chi connectivity index (χ1v) is 23.0. The number of likely N-dealkylation sites (N-methyl/N-ethyl adjacent to an activating group) is 2. The van der Waals surface area contributed by atoms with Gasteiger partial charge in [0, 0.05) is 51.4 Å². The lowest BCUT2D eigenvalue weighted by Gasteiger charge is -2.40. The van der Waals surface area contributed by atoms with Crippen molar-refractivity contribution in [3.63, 3.8) is 0 Å². The number of hydrogen-bond donors (Lipinski definition) is 2. The van der Waals surface area contributed by atoms with Gasteiger partial charge in [-0.05, 0) is 103 Å². The molecule has 15 nitrogen and oxygen atoms in total.